The van der Waals surface area contributed by atoms with E-state index >= 15 is 0 Å². The Hall–Kier alpha value is -4.05. The van der Waals surface area contributed by atoms with Crippen LogP contribution in [0.3, 0.4) is 0 Å². The molecule has 1 N–H and O–H groups in total. The molecule has 3 aromatic carbocycles. The summed E-state index contributed by atoms with van der Waals surface area (Å²) in [5, 5.41) is 3.08. The largest absolute Gasteiger partial charge is 0.497 e. The molecule has 10 heteroatoms. The number of nitrogens with zero attached hydrogens (tertiary/aromatic N) is 2. The predicted molar refractivity (Wildman–Crippen MR) is 162 cm³/mol. The quantitative estimate of drug-likeness (QED) is 0.306. The van der Waals surface area contributed by atoms with Crippen LogP contribution in [0.5, 0.6) is 11.5 Å². The molecule has 0 radical (unpaired) electrons. The van der Waals surface area contributed by atoms with Gasteiger partial charge in [-0.05, 0) is 80.8 Å². The van der Waals surface area contributed by atoms with E-state index in [9.17, 15) is 18.0 Å². The van der Waals surface area contributed by atoms with E-state index < -0.39 is 28.5 Å². The topological polar surface area (TPSA) is 105 Å². The van der Waals surface area contributed by atoms with E-state index in [0.29, 0.717) is 23.8 Å². The van der Waals surface area contributed by atoms with Gasteiger partial charge in [-0.1, -0.05) is 43.2 Å². The van der Waals surface area contributed by atoms with E-state index in [-0.39, 0.29) is 23.4 Å². The monoisotopic (exact) mass is 593 g/mol. The zero-order valence-electron chi connectivity index (χ0n) is 24.4. The lowest BCUT2D eigenvalue weighted by Gasteiger charge is -2.32. The highest BCUT2D eigenvalue weighted by atomic mass is 32.2. The van der Waals surface area contributed by atoms with Crippen LogP contribution in [0, 0.1) is 0 Å². The van der Waals surface area contributed by atoms with Crippen LogP contribution in [-0.2, 0) is 26.2 Å². The molecule has 42 heavy (non-hydrogen) atoms. The highest BCUT2D eigenvalue weighted by molar-refractivity contribution is 7.92. The zero-order chi connectivity index (χ0) is 30.1. The van der Waals surface area contributed by atoms with Crippen LogP contribution in [0.1, 0.15) is 45.1 Å². The molecule has 0 aliphatic heterocycles. The van der Waals surface area contributed by atoms with Crippen molar-refractivity contribution >= 4 is 27.5 Å². The third kappa shape index (κ3) is 7.61. The first-order chi connectivity index (χ1) is 20.2. The minimum absolute atomic E-state index is 0.0559. The van der Waals surface area contributed by atoms with Crippen molar-refractivity contribution in [3.05, 3.63) is 84.4 Å². The average Bonchev–Trinajstić information content (AvgIpc) is 3.52. The van der Waals surface area contributed by atoms with Gasteiger partial charge in [0, 0.05) is 12.6 Å². The lowest BCUT2D eigenvalue weighted by molar-refractivity contribution is -0.139. The van der Waals surface area contributed by atoms with Crippen molar-refractivity contribution < 1.29 is 27.5 Å². The number of anilines is 1. The lowest BCUT2D eigenvalue weighted by atomic mass is 10.1. The molecular formula is C32H39N3O6S. The Labute approximate surface area is 248 Å². The molecule has 1 saturated carbocycles. The van der Waals surface area contributed by atoms with E-state index in [1.165, 1.54) is 17.0 Å². The van der Waals surface area contributed by atoms with Crippen LogP contribution in [0.25, 0.3) is 0 Å². The number of amides is 2. The van der Waals surface area contributed by atoms with Gasteiger partial charge in [0.05, 0.1) is 24.3 Å². The molecule has 9 nitrogen and oxygen atoms in total. The van der Waals surface area contributed by atoms with Gasteiger partial charge < -0.3 is 19.7 Å². The summed E-state index contributed by atoms with van der Waals surface area (Å²) in [5.74, 6) is 0.484. The second-order valence-electron chi connectivity index (χ2n) is 10.3. The van der Waals surface area contributed by atoms with Crippen molar-refractivity contribution in [3.8, 4) is 11.5 Å². The Morgan fingerprint density at radius 2 is 1.55 bits per heavy atom. The van der Waals surface area contributed by atoms with Crippen LogP contribution in [-0.4, -0.2) is 57.5 Å². The number of rotatable bonds is 13. The SMILES string of the molecule is CCOc1ccc(N(CC(=O)N(Cc2ccc(OC)cc2)[C@@H](C)C(=O)NC2CCCC2)S(=O)(=O)c2ccccc2)cc1. The van der Waals surface area contributed by atoms with E-state index in [2.05, 4.69) is 5.32 Å². The van der Waals surface area contributed by atoms with Gasteiger partial charge >= 0.3 is 0 Å². The Morgan fingerprint density at radius 1 is 0.929 bits per heavy atom. The van der Waals surface area contributed by atoms with E-state index in [1.54, 1.807) is 68.6 Å². The summed E-state index contributed by atoms with van der Waals surface area (Å²) < 4.78 is 39.7. The molecule has 0 heterocycles. The summed E-state index contributed by atoms with van der Waals surface area (Å²) in [7, 11) is -2.55. The number of benzene rings is 3. The average molecular weight is 594 g/mol. The molecule has 0 bridgehead atoms. The summed E-state index contributed by atoms with van der Waals surface area (Å²) in [6.45, 7) is 3.62. The minimum atomic E-state index is -4.13. The molecule has 1 fully saturated rings. The molecule has 2 amide bonds. The Balaban J connectivity index is 1.67. The second-order valence-corrected chi connectivity index (χ2v) is 12.1. The molecule has 1 aliphatic carbocycles. The first kappa shape index (κ1) is 30.9. The van der Waals surface area contributed by atoms with Crippen molar-refractivity contribution in [1.29, 1.82) is 0 Å². The van der Waals surface area contributed by atoms with Gasteiger partial charge in [0.1, 0.15) is 24.1 Å². The number of hydrogen-bond acceptors (Lipinski definition) is 6. The van der Waals surface area contributed by atoms with Gasteiger partial charge in [0.2, 0.25) is 11.8 Å². The molecule has 0 saturated heterocycles. The van der Waals surface area contributed by atoms with Gasteiger partial charge in [-0.15, -0.1) is 0 Å². The number of sulfonamides is 1. The van der Waals surface area contributed by atoms with Crippen LogP contribution in [0.4, 0.5) is 5.69 Å². The van der Waals surface area contributed by atoms with Crippen LogP contribution in [0.15, 0.2) is 83.8 Å². The Morgan fingerprint density at radius 3 is 2.14 bits per heavy atom. The number of carbonyl (C=O) groups excluding carboxylic acids is 2. The highest BCUT2D eigenvalue weighted by Gasteiger charge is 2.33. The van der Waals surface area contributed by atoms with E-state index in [0.717, 1.165) is 35.6 Å². The Kier molecular flexibility index (Phi) is 10.5. The van der Waals surface area contributed by atoms with Crippen LogP contribution < -0.4 is 19.1 Å². The van der Waals surface area contributed by atoms with Crippen molar-refractivity contribution in [2.24, 2.45) is 0 Å². The number of carbonyl (C=O) groups is 2. The van der Waals surface area contributed by atoms with Crippen molar-refractivity contribution in [2.45, 2.75) is 63.1 Å². The molecule has 4 rings (SSSR count). The smallest absolute Gasteiger partial charge is 0.264 e. The van der Waals surface area contributed by atoms with Crippen molar-refractivity contribution in [3.63, 3.8) is 0 Å². The highest BCUT2D eigenvalue weighted by Crippen LogP contribution is 2.27. The van der Waals surface area contributed by atoms with Crippen molar-refractivity contribution in [2.75, 3.05) is 24.6 Å². The standard InChI is InChI=1S/C32H39N3O6S/c1-4-41-29-20-16-27(17-21-29)35(42(38,39)30-12-6-5-7-13-30)23-31(36)34(22-25-14-18-28(40-3)19-15-25)24(2)32(37)33-26-10-8-9-11-26/h5-7,12-21,24,26H,4,8-11,22-23H2,1-3H3,(H,33,37)/t24-/m0/s1. The van der Waals surface area contributed by atoms with Gasteiger partial charge in [-0.25, -0.2) is 8.42 Å². The Bertz CT molecular complexity index is 1420. The molecular weight excluding hydrogens is 554 g/mol. The molecule has 3 aromatic rings. The lowest BCUT2D eigenvalue weighted by Crippen LogP contribution is -2.52. The van der Waals surface area contributed by atoms with Gasteiger partial charge in [-0.2, -0.15) is 0 Å². The fraction of sp³-hybridized carbons (Fsp3) is 0.375. The summed E-state index contributed by atoms with van der Waals surface area (Å²) in [4.78, 5) is 28.9. The van der Waals surface area contributed by atoms with E-state index in [1.807, 2.05) is 19.1 Å². The molecule has 0 aromatic heterocycles. The predicted octanol–water partition coefficient (Wildman–Crippen LogP) is 4.77. The maximum Gasteiger partial charge on any atom is 0.264 e. The number of ether oxygens (including phenoxy) is 2. The number of nitrogens with one attached hydrogen (secondary N) is 1. The van der Waals surface area contributed by atoms with Crippen molar-refractivity contribution in [1.82, 2.24) is 10.2 Å². The maximum absolute atomic E-state index is 14.1. The fourth-order valence-electron chi connectivity index (χ4n) is 5.03. The van der Waals surface area contributed by atoms with Crippen LogP contribution in [0.2, 0.25) is 0 Å². The second kappa shape index (κ2) is 14.2. The number of hydrogen-bond donors (Lipinski definition) is 1. The third-order valence-corrected chi connectivity index (χ3v) is 9.21. The maximum atomic E-state index is 14.1. The third-order valence-electron chi connectivity index (χ3n) is 7.43. The fourth-order valence-corrected chi connectivity index (χ4v) is 6.46. The summed E-state index contributed by atoms with van der Waals surface area (Å²) in [5.41, 5.74) is 1.09. The first-order valence-electron chi connectivity index (χ1n) is 14.3. The number of methoxy groups -OCH3 is 1. The van der Waals surface area contributed by atoms with Gasteiger partial charge in [0.25, 0.3) is 10.0 Å². The zero-order valence-corrected chi connectivity index (χ0v) is 25.2. The normalized spacial score (nSPS) is 14.2. The summed E-state index contributed by atoms with van der Waals surface area (Å²) in [6.07, 6.45) is 3.93. The molecule has 224 valence electrons. The first-order valence-corrected chi connectivity index (χ1v) is 15.7. The molecule has 1 aliphatic rings. The van der Waals surface area contributed by atoms with Gasteiger partial charge in [0.15, 0.2) is 0 Å². The van der Waals surface area contributed by atoms with Crippen LogP contribution >= 0.6 is 0 Å². The minimum Gasteiger partial charge on any atom is -0.497 e. The molecule has 0 spiro atoms. The molecule has 0 unspecified atom stereocenters. The molecule has 1 atom stereocenters. The summed E-state index contributed by atoms with van der Waals surface area (Å²) in [6, 6.07) is 21.0. The summed E-state index contributed by atoms with van der Waals surface area (Å²) >= 11 is 0. The van der Waals surface area contributed by atoms with Gasteiger partial charge in [-0.3, -0.25) is 13.9 Å². The van der Waals surface area contributed by atoms with E-state index in [4.69, 9.17) is 9.47 Å².